The molecule has 0 radical (unpaired) electrons. The summed E-state index contributed by atoms with van der Waals surface area (Å²) in [6, 6.07) is 13.6. The number of amides is 2. The number of hydrogen-bond acceptors (Lipinski definition) is 6. The van der Waals surface area contributed by atoms with Gasteiger partial charge in [0.05, 0.1) is 31.1 Å². The highest BCUT2D eigenvalue weighted by atomic mass is 16.6. The summed E-state index contributed by atoms with van der Waals surface area (Å²) in [5.41, 5.74) is 1.91. The number of nitrogens with one attached hydrogen (secondary N) is 1. The number of ether oxygens (including phenoxy) is 1. The van der Waals surface area contributed by atoms with Gasteiger partial charge in [0.15, 0.2) is 0 Å². The molecule has 1 aliphatic rings. The Labute approximate surface area is 174 Å². The van der Waals surface area contributed by atoms with Gasteiger partial charge in [0.1, 0.15) is 0 Å². The van der Waals surface area contributed by atoms with Gasteiger partial charge in [-0.15, -0.1) is 0 Å². The third kappa shape index (κ3) is 5.54. The molecule has 3 rings (SSSR count). The Morgan fingerprint density at radius 1 is 1.13 bits per heavy atom. The van der Waals surface area contributed by atoms with Crippen LogP contribution in [0, 0.1) is 10.1 Å². The van der Waals surface area contributed by atoms with Gasteiger partial charge in [-0.3, -0.25) is 19.7 Å². The lowest BCUT2D eigenvalue weighted by Gasteiger charge is -2.28. The van der Waals surface area contributed by atoms with E-state index >= 15 is 0 Å². The minimum atomic E-state index is -0.518. The molecule has 1 heterocycles. The fourth-order valence-electron chi connectivity index (χ4n) is 3.22. The molecule has 0 atom stereocenters. The van der Waals surface area contributed by atoms with Crippen LogP contribution < -0.4 is 10.2 Å². The van der Waals surface area contributed by atoms with Crippen molar-refractivity contribution in [3.05, 3.63) is 64.2 Å². The van der Waals surface area contributed by atoms with E-state index in [4.69, 9.17) is 4.74 Å². The van der Waals surface area contributed by atoms with Crippen molar-refractivity contribution in [2.24, 2.45) is 0 Å². The van der Waals surface area contributed by atoms with Crippen LogP contribution in [0.4, 0.5) is 17.1 Å². The average molecular weight is 412 g/mol. The highest BCUT2D eigenvalue weighted by molar-refractivity contribution is 5.95. The molecule has 2 amide bonds. The Bertz CT molecular complexity index is 910. The molecule has 1 N–H and O–H groups in total. The van der Waals surface area contributed by atoms with Crippen LogP contribution in [0.2, 0.25) is 0 Å². The van der Waals surface area contributed by atoms with Crippen LogP contribution in [-0.2, 0) is 20.7 Å². The highest BCUT2D eigenvalue weighted by Gasteiger charge is 2.19. The standard InChI is InChI=1S/C21H24N4O5/c1-23(21(27)14-16-4-2-3-5-19(16)25(28)29)15-20(26)22-17-6-8-18(9-7-17)24-10-12-30-13-11-24/h2-9H,10-15H2,1H3,(H,22,26). The van der Waals surface area contributed by atoms with Gasteiger partial charge in [0, 0.05) is 43.1 Å². The summed E-state index contributed by atoms with van der Waals surface area (Å²) >= 11 is 0. The van der Waals surface area contributed by atoms with Crippen molar-refractivity contribution >= 4 is 28.9 Å². The molecule has 9 nitrogen and oxygen atoms in total. The van der Waals surface area contributed by atoms with Gasteiger partial charge in [0.2, 0.25) is 11.8 Å². The van der Waals surface area contributed by atoms with Crippen molar-refractivity contribution in [2.45, 2.75) is 6.42 Å². The predicted molar refractivity (Wildman–Crippen MR) is 113 cm³/mol. The lowest BCUT2D eigenvalue weighted by molar-refractivity contribution is -0.385. The second-order valence-electron chi connectivity index (χ2n) is 7.01. The maximum Gasteiger partial charge on any atom is 0.273 e. The summed E-state index contributed by atoms with van der Waals surface area (Å²) in [6.07, 6.45) is -0.144. The van der Waals surface area contributed by atoms with Crippen LogP contribution in [0.1, 0.15) is 5.56 Å². The Balaban J connectivity index is 1.53. The molecule has 0 spiro atoms. The molecule has 2 aromatic carbocycles. The van der Waals surface area contributed by atoms with Gasteiger partial charge in [-0.05, 0) is 24.3 Å². The number of morpholine rings is 1. The lowest BCUT2D eigenvalue weighted by Crippen LogP contribution is -2.36. The molecule has 1 saturated heterocycles. The van der Waals surface area contributed by atoms with Gasteiger partial charge in [-0.25, -0.2) is 0 Å². The van der Waals surface area contributed by atoms with Crippen LogP contribution in [0.5, 0.6) is 0 Å². The van der Waals surface area contributed by atoms with Gasteiger partial charge in [-0.2, -0.15) is 0 Å². The zero-order valence-electron chi connectivity index (χ0n) is 16.7. The third-order valence-corrected chi connectivity index (χ3v) is 4.86. The molecule has 1 fully saturated rings. The lowest BCUT2D eigenvalue weighted by atomic mass is 10.1. The van der Waals surface area contributed by atoms with E-state index in [2.05, 4.69) is 10.2 Å². The maximum atomic E-state index is 12.4. The first-order chi connectivity index (χ1) is 14.4. The number of anilines is 2. The maximum absolute atomic E-state index is 12.4. The fourth-order valence-corrected chi connectivity index (χ4v) is 3.22. The monoisotopic (exact) mass is 412 g/mol. The van der Waals surface area contributed by atoms with E-state index in [-0.39, 0.29) is 30.5 Å². The second kappa shape index (κ2) is 9.84. The van der Waals surface area contributed by atoms with Crippen LogP contribution in [0.25, 0.3) is 0 Å². The first-order valence-electron chi connectivity index (χ1n) is 9.63. The number of rotatable bonds is 7. The number of benzene rings is 2. The van der Waals surface area contributed by atoms with E-state index in [1.54, 1.807) is 18.2 Å². The van der Waals surface area contributed by atoms with Crippen molar-refractivity contribution in [3.63, 3.8) is 0 Å². The zero-order chi connectivity index (χ0) is 21.5. The highest BCUT2D eigenvalue weighted by Crippen LogP contribution is 2.20. The van der Waals surface area contributed by atoms with Crippen molar-refractivity contribution in [3.8, 4) is 0 Å². The van der Waals surface area contributed by atoms with Crippen LogP contribution in [0.15, 0.2) is 48.5 Å². The summed E-state index contributed by atoms with van der Waals surface area (Å²) in [7, 11) is 1.50. The van der Waals surface area contributed by atoms with Gasteiger partial charge in [0.25, 0.3) is 5.69 Å². The summed E-state index contributed by atoms with van der Waals surface area (Å²) in [5.74, 6) is -0.713. The molecule has 0 aliphatic carbocycles. The number of carbonyl (C=O) groups is 2. The first kappa shape index (κ1) is 21.3. The minimum Gasteiger partial charge on any atom is -0.378 e. The van der Waals surface area contributed by atoms with Crippen LogP contribution in [-0.4, -0.2) is 61.5 Å². The molecule has 158 valence electrons. The zero-order valence-corrected chi connectivity index (χ0v) is 16.7. The number of para-hydroxylation sites is 1. The molecule has 0 unspecified atom stereocenters. The topological polar surface area (TPSA) is 105 Å². The number of nitro benzene ring substituents is 1. The quantitative estimate of drug-likeness (QED) is 0.551. The van der Waals surface area contributed by atoms with Crippen molar-refractivity contribution in [1.29, 1.82) is 0 Å². The van der Waals surface area contributed by atoms with Gasteiger partial charge in [-0.1, -0.05) is 18.2 Å². The number of likely N-dealkylation sites (N-methyl/N-ethyl adjacent to an activating group) is 1. The van der Waals surface area contributed by atoms with Crippen molar-refractivity contribution in [1.82, 2.24) is 4.90 Å². The fraction of sp³-hybridized carbons (Fsp3) is 0.333. The Morgan fingerprint density at radius 2 is 1.80 bits per heavy atom. The number of nitrogens with zero attached hydrogens (tertiary/aromatic N) is 3. The second-order valence-corrected chi connectivity index (χ2v) is 7.01. The molecule has 0 saturated carbocycles. The molecule has 9 heteroatoms. The van der Waals surface area contributed by atoms with E-state index in [0.29, 0.717) is 24.5 Å². The van der Waals surface area contributed by atoms with E-state index < -0.39 is 4.92 Å². The molecule has 30 heavy (non-hydrogen) atoms. The van der Waals surface area contributed by atoms with Crippen LogP contribution in [0.3, 0.4) is 0 Å². The van der Waals surface area contributed by atoms with Gasteiger partial charge < -0.3 is 19.9 Å². The Morgan fingerprint density at radius 3 is 2.47 bits per heavy atom. The molecule has 1 aliphatic heterocycles. The summed E-state index contributed by atoms with van der Waals surface area (Å²) in [4.78, 5) is 38.7. The Hall–Kier alpha value is -3.46. The predicted octanol–water partition coefficient (Wildman–Crippen LogP) is 2.07. The van der Waals surface area contributed by atoms with E-state index in [1.165, 1.54) is 18.0 Å². The molecular formula is C21H24N4O5. The van der Waals surface area contributed by atoms with Gasteiger partial charge >= 0.3 is 0 Å². The molecule has 2 aromatic rings. The first-order valence-corrected chi connectivity index (χ1v) is 9.63. The number of carbonyl (C=O) groups excluding carboxylic acids is 2. The largest absolute Gasteiger partial charge is 0.378 e. The van der Waals surface area contributed by atoms with Crippen molar-refractivity contribution in [2.75, 3.05) is 50.1 Å². The normalized spacial score (nSPS) is 13.6. The average Bonchev–Trinajstić information content (AvgIpc) is 2.75. The summed E-state index contributed by atoms with van der Waals surface area (Å²) in [6.45, 7) is 2.91. The number of hydrogen-bond donors (Lipinski definition) is 1. The van der Waals surface area contributed by atoms with Crippen LogP contribution >= 0.6 is 0 Å². The molecular weight excluding hydrogens is 388 g/mol. The SMILES string of the molecule is CN(CC(=O)Nc1ccc(N2CCOCC2)cc1)C(=O)Cc1ccccc1[N+](=O)[O-]. The van der Waals surface area contributed by atoms with E-state index in [0.717, 1.165) is 18.8 Å². The summed E-state index contributed by atoms with van der Waals surface area (Å²) in [5, 5.41) is 13.9. The molecule has 0 bridgehead atoms. The minimum absolute atomic E-state index is 0.107. The third-order valence-electron chi connectivity index (χ3n) is 4.86. The van der Waals surface area contributed by atoms with E-state index in [9.17, 15) is 19.7 Å². The number of nitro groups is 1. The smallest absolute Gasteiger partial charge is 0.273 e. The Kier molecular flexibility index (Phi) is 6.97. The van der Waals surface area contributed by atoms with E-state index in [1.807, 2.05) is 24.3 Å². The summed E-state index contributed by atoms with van der Waals surface area (Å²) < 4.78 is 5.35. The van der Waals surface area contributed by atoms with Crippen molar-refractivity contribution < 1.29 is 19.2 Å². The molecule has 0 aromatic heterocycles.